The van der Waals surface area contributed by atoms with Crippen molar-refractivity contribution in [1.82, 2.24) is 0 Å². The highest BCUT2D eigenvalue weighted by atomic mass is 16.6. The van der Waals surface area contributed by atoms with E-state index in [0.717, 1.165) is 4.90 Å². The standard InChI is InChI=1S/C14H17N3O5/c1-10(18)16(11(2)19)14-9-12(17(20)21)3-4-13(14)15-5-7-22-8-6-15/h3-4,9H,5-8H2,1-2H3. The van der Waals surface area contributed by atoms with Gasteiger partial charge in [-0.3, -0.25) is 19.7 Å². The maximum Gasteiger partial charge on any atom is 0.271 e. The molecule has 1 heterocycles. The van der Waals surface area contributed by atoms with Crippen LogP contribution in [0.2, 0.25) is 0 Å². The van der Waals surface area contributed by atoms with Crippen LogP contribution in [0.3, 0.4) is 0 Å². The third-order valence-electron chi connectivity index (χ3n) is 3.39. The summed E-state index contributed by atoms with van der Waals surface area (Å²) in [5, 5.41) is 11.0. The number of nitro benzene ring substituents is 1. The highest BCUT2D eigenvalue weighted by Gasteiger charge is 2.25. The number of carbonyl (C=O) groups excluding carboxylic acids is 2. The SMILES string of the molecule is CC(=O)N(C(C)=O)c1cc([N+](=O)[O-])ccc1N1CCOCC1. The van der Waals surface area contributed by atoms with Gasteiger partial charge in [0, 0.05) is 39.1 Å². The molecule has 1 aromatic carbocycles. The van der Waals surface area contributed by atoms with Crippen LogP contribution in [0.15, 0.2) is 18.2 Å². The van der Waals surface area contributed by atoms with Crippen LogP contribution in [0.5, 0.6) is 0 Å². The summed E-state index contributed by atoms with van der Waals surface area (Å²) < 4.78 is 5.28. The summed E-state index contributed by atoms with van der Waals surface area (Å²) >= 11 is 0. The number of carbonyl (C=O) groups is 2. The smallest absolute Gasteiger partial charge is 0.271 e. The maximum atomic E-state index is 11.8. The summed E-state index contributed by atoms with van der Waals surface area (Å²) in [6.07, 6.45) is 0. The molecule has 2 rings (SSSR count). The molecule has 2 amide bonds. The van der Waals surface area contributed by atoms with Gasteiger partial charge in [-0.1, -0.05) is 0 Å². The van der Waals surface area contributed by atoms with Crippen molar-refractivity contribution in [2.45, 2.75) is 13.8 Å². The van der Waals surface area contributed by atoms with E-state index >= 15 is 0 Å². The van der Waals surface area contributed by atoms with Crippen LogP contribution in [0.4, 0.5) is 17.1 Å². The predicted octanol–water partition coefficient (Wildman–Crippen LogP) is 1.33. The zero-order valence-electron chi connectivity index (χ0n) is 12.4. The molecule has 0 atom stereocenters. The summed E-state index contributed by atoms with van der Waals surface area (Å²) in [6, 6.07) is 4.19. The molecule has 1 saturated heterocycles. The highest BCUT2D eigenvalue weighted by molar-refractivity contribution is 6.15. The second-order valence-electron chi connectivity index (χ2n) is 4.90. The van der Waals surface area contributed by atoms with E-state index in [2.05, 4.69) is 0 Å². The number of hydrogen-bond acceptors (Lipinski definition) is 6. The Morgan fingerprint density at radius 1 is 1.23 bits per heavy atom. The third-order valence-corrected chi connectivity index (χ3v) is 3.39. The summed E-state index contributed by atoms with van der Waals surface area (Å²) in [5.74, 6) is -0.968. The van der Waals surface area contributed by atoms with Crippen molar-refractivity contribution < 1.29 is 19.2 Å². The molecule has 0 aliphatic carbocycles. The number of ether oxygens (including phenoxy) is 1. The van der Waals surface area contributed by atoms with Gasteiger partial charge in [0.25, 0.3) is 5.69 Å². The lowest BCUT2D eigenvalue weighted by Crippen LogP contribution is -2.39. The van der Waals surface area contributed by atoms with Gasteiger partial charge >= 0.3 is 0 Å². The molecule has 8 nitrogen and oxygen atoms in total. The van der Waals surface area contributed by atoms with Crippen molar-refractivity contribution in [3.05, 3.63) is 28.3 Å². The number of hydrogen-bond donors (Lipinski definition) is 0. The first-order valence-electron chi connectivity index (χ1n) is 6.84. The molecule has 22 heavy (non-hydrogen) atoms. The normalized spacial score (nSPS) is 14.5. The number of imide groups is 1. The molecule has 0 unspecified atom stereocenters. The van der Waals surface area contributed by atoms with E-state index < -0.39 is 16.7 Å². The number of nitrogens with zero attached hydrogens (tertiary/aromatic N) is 3. The van der Waals surface area contributed by atoms with E-state index in [1.165, 1.54) is 26.0 Å². The Morgan fingerprint density at radius 3 is 2.32 bits per heavy atom. The van der Waals surface area contributed by atoms with Crippen LogP contribution >= 0.6 is 0 Å². The second kappa shape index (κ2) is 6.52. The number of benzene rings is 1. The Bertz CT molecular complexity index is 596. The van der Waals surface area contributed by atoms with Crippen LogP contribution in [-0.2, 0) is 14.3 Å². The number of morpholine rings is 1. The fourth-order valence-corrected chi connectivity index (χ4v) is 2.44. The molecule has 1 fully saturated rings. The monoisotopic (exact) mass is 307 g/mol. The van der Waals surface area contributed by atoms with Gasteiger partial charge in [0.15, 0.2) is 0 Å². The molecule has 0 N–H and O–H groups in total. The second-order valence-corrected chi connectivity index (χ2v) is 4.90. The molecule has 0 radical (unpaired) electrons. The van der Waals surface area contributed by atoms with Crippen molar-refractivity contribution in [1.29, 1.82) is 0 Å². The van der Waals surface area contributed by atoms with Gasteiger partial charge in [0.05, 0.1) is 29.5 Å². The van der Waals surface area contributed by atoms with E-state index in [4.69, 9.17) is 4.74 Å². The molecule has 0 bridgehead atoms. The molecular formula is C14H17N3O5. The first-order valence-corrected chi connectivity index (χ1v) is 6.84. The first-order chi connectivity index (χ1) is 10.4. The molecular weight excluding hydrogens is 290 g/mol. The van der Waals surface area contributed by atoms with Gasteiger partial charge in [0.2, 0.25) is 11.8 Å². The Balaban J connectivity index is 2.54. The van der Waals surface area contributed by atoms with Crippen LogP contribution in [0, 0.1) is 10.1 Å². The van der Waals surface area contributed by atoms with Crippen molar-refractivity contribution >= 4 is 28.9 Å². The van der Waals surface area contributed by atoms with Crippen LogP contribution in [0.25, 0.3) is 0 Å². The Labute approximate surface area is 127 Å². The molecule has 1 aliphatic heterocycles. The minimum atomic E-state index is -0.551. The van der Waals surface area contributed by atoms with E-state index in [1.807, 2.05) is 4.90 Å². The minimum absolute atomic E-state index is 0.167. The summed E-state index contributed by atoms with van der Waals surface area (Å²) in [7, 11) is 0. The first kappa shape index (κ1) is 15.9. The van der Waals surface area contributed by atoms with E-state index in [-0.39, 0.29) is 11.4 Å². The van der Waals surface area contributed by atoms with Gasteiger partial charge < -0.3 is 9.64 Å². The number of nitro groups is 1. The Hall–Kier alpha value is -2.48. The summed E-state index contributed by atoms with van der Waals surface area (Å²) in [4.78, 5) is 36.9. The van der Waals surface area contributed by atoms with Crippen molar-refractivity contribution in [2.75, 3.05) is 36.1 Å². The largest absolute Gasteiger partial charge is 0.378 e. The molecule has 118 valence electrons. The van der Waals surface area contributed by atoms with Crippen LogP contribution < -0.4 is 9.80 Å². The van der Waals surface area contributed by atoms with Gasteiger partial charge in [-0.15, -0.1) is 0 Å². The third kappa shape index (κ3) is 3.22. The minimum Gasteiger partial charge on any atom is -0.378 e. The highest BCUT2D eigenvalue weighted by Crippen LogP contribution is 2.34. The van der Waals surface area contributed by atoms with E-state index in [9.17, 15) is 19.7 Å². The average molecular weight is 307 g/mol. The lowest BCUT2D eigenvalue weighted by molar-refractivity contribution is -0.384. The van der Waals surface area contributed by atoms with Gasteiger partial charge in [-0.05, 0) is 6.07 Å². The van der Waals surface area contributed by atoms with Crippen molar-refractivity contribution in [2.24, 2.45) is 0 Å². The Morgan fingerprint density at radius 2 is 1.82 bits per heavy atom. The molecule has 1 aromatic rings. The quantitative estimate of drug-likeness (QED) is 0.618. The van der Waals surface area contributed by atoms with Crippen molar-refractivity contribution in [3.63, 3.8) is 0 Å². The van der Waals surface area contributed by atoms with Gasteiger partial charge in [-0.2, -0.15) is 0 Å². The predicted molar refractivity (Wildman–Crippen MR) is 80.0 cm³/mol. The molecule has 0 aromatic heterocycles. The van der Waals surface area contributed by atoms with Crippen LogP contribution in [0.1, 0.15) is 13.8 Å². The average Bonchev–Trinajstić information content (AvgIpc) is 2.47. The molecule has 8 heteroatoms. The van der Waals surface area contributed by atoms with Crippen LogP contribution in [-0.4, -0.2) is 43.0 Å². The van der Waals surface area contributed by atoms with Gasteiger partial charge in [0.1, 0.15) is 0 Å². The fraction of sp³-hybridized carbons (Fsp3) is 0.429. The zero-order chi connectivity index (χ0) is 16.3. The van der Waals surface area contributed by atoms with Crippen molar-refractivity contribution in [3.8, 4) is 0 Å². The van der Waals surface area contributed by atoms with E-state index in [1.54, 1.807) is 6.07 Å². The maximum absolute atomic E-state index is 11.8. The molecule has 1 aliphatic rings. The fourth-order valence-electron chi connectivity index (χ4n) is 2.44. The zero-order valence-corrected chi connectivity index (χ0v) is 12.4. The summed E-state index contributed by atoms with van der Waals surface area (Å²) in [5.41, 5.74) is 0.676. The lowest BCUT2D eigenvalue weighted by atomic mass is 10.2. The Kier molecular flexibility index (Phi) is 4.71. The number of non-ortho nitro benzene ring substituents is 1. The topological polar surface area (TPSA) is 93.0 Å². The van der Waals surface area contributed by atoms with Gasteiger partial charge in [-0.25, -0.2) is 4.90 Å². The lowest BCUT2D eigenvalue weighted by Gasteiger charge is -2.32. The molecule has 0 spiro atoms. The summed E-state index contributed by atoms with van der Waals surface area (Å²) in [6.45, 7) is 4.74. The number of amides is 2. The van der Waals surface area contributed by atoms with E-state index in [0.29, 0.717) is 32.0 Å². The number of anilines is 2. The molecule has 0 saturated carbocycles. The number of rotatable bonds is 3.